The summed E-state index contributed by atoms with van der Waals surface area (Å²) in [6, 6.07) is 47.0. The summed E-state index contributed by atoms with van der Waals surface area (Å²) in [7, 11) is 1.61. The van der Waals surface area contributed by atoms with E-state index in [0.717, 1.165) is 32.3 Å². The van der Waals surface area contributed by atoms with Crippen molar-refractivity contribution in [2.45, 2.75) is 39.3 Å². The van der Waals surface area contributed by atoms with Crippen molar-refractivity contribution in [2.24, 2.45) is 0 Å². The van der Waals surface area contributed by atoms with Gasteiger partial charge in [-0.3, -0.25) is 4.79 Å². The molecule has 258 valence electrons. The summed E-state index contributed by atoms with van der Waals surface area (Å²) in [5.74, 6) is 2.43. The summed E-state index contributed by atoms with van der Waals surface area (Å²) in [5, 5.41) is 0. The molecular weight excluding hydrogens is 704 g/mol. The third-order valence-electron chi connectivity index (χ3n) is 8.23. The molecule has 0 amide bonds. The van der Waals surface area contributed by atoms with E-state index < -0.39 is 0 Å². The number of methoxy groups -OCH3 is 1. The average Bonchev–Trinajstić information content (AvgIpc) is 3.18. The van der Waals surface area contributed by atoms with Crippen LogP contribution in [0.25, 0.3) is 0 Å². The molecule has 0 radical (unpaired) electrons. The van der Waals surface area contributed by atoms with Gasteiger partial charge in [-0.25, -0.2) is 0 Å². The van der Waals surface area contributed by atoms with Gasteiger partial charge in [0.1, 0.15) is 49.2 Å². The Morgan fingerprint density at radius 2 is 0.922 bits per heavy atom. The number of carbonyl (C=O) groups excluding carboxylic acids is 1. The summed E-state index contributed by atoms with van der Waals surface area (Å²) < 4.78 is 31.7. The summed E-state index contributed by atoms with van der Waals surface area (Å²) in [6.45, 7) is 1.28. The molecule has 6 rings (SSSR count). The van der Waals surface area contributed by atoms with Crippen molar-refractivity contribution in [1.29, 1.82) is 0 Å². The van der Waals surface area contributed by atoms with Crippen LogP contribution in [0.2, 0.25) is 0 Å². The standard InChI is InChI=1S/C44H39BrO6/c1-47-40-27-38(45)36(24-41(40)49-29-33-16-8-3-9-17-33)22-23-39(46)44-42(50-30-34-18-10-4-11-19-34)25-37(48-28-32-14-6-2-7-15-32)26-43(44)51-31-35-20-12-5-13-21-35/h2-21,24-27H,22-23,28-31H2,1H3. The van der Waals surface area contributed by atoms with E-state index in [0.29, 0.717) is 53.9 Å². The molecule has 0 aromatic heterocycles. The fourth-order valence-electron chi connectivity index (χ4n) is 5.51. The number of benzene rings is 6. The SMILES string of the molecule is COc1cc(Br)c(CCC(=O)c2c(OCc3ccccc3)cc(OCc3ccccc3)cc2OCc2ccccc2)cc1OCc1ccccc1. The third-order valence-corrected chi connectivity index (χ3v) is 8.97. The van der Waals surface area contributed by atoms with Crippen molar-refractivity contribution in [3.05, 3.63) is 183 Å². The first kappa shape index (κ1) is 35.3. The first-order valence-electron chi connectivity index (χ1n) is 16.8. The monoisotopic (exact) mass is 742 g/mol. The maximum absolute atomic E-state index is 14.3. The second kappa shape index (κ2) is 17.9. The van der Waals surface area contributed by atoms with Crippen molar-refractivity contribution < 1.29 is 28.5 Å². The first-order valence-corrected chi connectivity index (χ1v) is 17.6. The van der Waals surface area contributed by atoms with Crippen LogP contribution in [0.5, 0.6) is 28.7 Å². The Hall–Kier alpha value is -5.53. The Bertz CT molecular complexity index is 1940. The molecule has 51 heavy (non-hydrogen) atoms. The van der Waals surface area contributed by atoms with Gasteiger partial charge in [-0.1, -0.05) is 137 Å². The van der Waals surface area contributed by atoms with E-state index >= 15 is 0 Å². The van der Waals surface area contributed by atoms with Crippen LogP contribution in [0, 0.1) is 0 Å². The van der Waals surface area contributed by atoms with Gasteiger partial charge in [0.05, 0.1) is 7.11 Å². The van der Waals surface area contributed by atoms with Gasteiger partial charge in [0.15, 0.2) is 17.3 Å². The van der Waals surface area contributed by atoms with Crippen LogP contribution in [-0.2, 0) is 32.8 Å². The van der Waals surface area contributed by atoms with Gasteiger partial charge in [-0.05, 0) is 46.4 Å². The average molecular weight is 744 g/mol. The van der Waals surface area contributed by atoms with Crippen LogP contribution in [0.3, 0.4) is 0 Å². The van der Waals surface area contributed by atoms with Gasteiger partial charge >= 0.3 is 0 Å². The Morgan fingerprint density at radius 3 is 1.35 bits per heavy atom. The third kappa shape index (κ3) is 10.0. The fourth-order valence-corrected chi connectivity index (χ4v) is 6.03. The zero-order chi connectivity index (χ0) is 35.3. The lowest BCUT2D eigenvalue weighted by atomic mass is 10.00. The zero-order valence-corrected chi connectivity index (χ0v) is 30.0. The largest absolute Gasteiger partial charge is 0.493 e. The lowest BCUT2D eigenvalue weighted by Gasteiger charge is -2.19. The predicted octanol–water partition coefficient (Wildman–Crippen LogP) is 10.6. The van der Waals surface area contributed by atoms with Crippen LogP contribution in [-0.4, -0.2) is 12.9 Å². The van der Waals surface area contributed by atoms with E-state index in [9.17, 15) is 4.79 Å². The molecule has 7 heteroatoms. The van der Waals surface area contributed by atoms with Crippen molar-refractivity contribution >= 4 is 21.7 Å². The van der Waals surface area contributed by atoms with Gasteiger partial charge in [0.2, 0.25) is 0 Å². The van der Waals surface area contributed by atoms with Crippen molar-refractivity contribution in [3.63, 3.8) is 0 Å². The molecule has 0 spiro atoms. The normalized spacial score (nSPS) is 10.7. The molecule has 0 heterocycles. The Balaban J connectivity index is 1.29. The number of aryl methyl sites for hydroxylation is 1. The molecule has 0 bridgehead atoms. The highest BCUT2D eigenvalue weighted by Crippen LogP contribution is 2.39. The molecule has 0 atom stereocenters. The minimum Gasteiger partial charge on any atom is -0.493 e. The van der Waals surface area contributed by atoms with Gasteiger partial charge in [0, 0.05) is 23.0 Å². The molecule has 6 nitrogen and oxygen atoms in total. The molecular formula is C44H39BrO6. The Labute approximate surface area is 307 Å². The summed E-state index contributed by atoms with van der Waals surface area (Å²) >= 11 is 3.69. The summed E-state index contributed by atoms with van der Waals surface area (Å²) in [6.07, 6.45) is 0.629. The number of rotatable bonds is 17. The minimum atomic E-state index is -0.120. The van der Waals surface area contributed by atoms with E-state index in [-0.39, 0.29) is 25.4 Å². The van der Waals surface area contributed by atoms with Crippen LogP contribution in [0.15, 0.2) is 150 Å². The van der Waals surface area contributed by atoms with Crippen LogP contribution >= 0.6 is 15.9 Å². The van der Waals surface area contributed by atoms with E-state index in [1.165, 1.54) is 0 Å². The molecule has 0 saturated carbocycles. The predicted molar refractivity (Wildman–Crippen MR) is 203 cm³/mol. The smallest absolute Gasteiger partial charge is 0.170 e. The number of ether oxygens (including phenoxy) is 5. The highest BCUT2D eigenvalue weighted by atomic mass is 79.9. The van der Waals surface area contributed by atoms with Crippen molar-refractivity contribution in [1.82, 2.24) is 0 Å². The molecule has 0 saturated heterocycles. The van der Waals surface area contributed by atoms with Crippen LogP contribution < -0.4 is 23.7 Å². The van der Waals surface area contributed by atoms with Crippen LogP contribution in [0.1, 0.15) is 44.6 Å². The topological polar surface area (TPSA) is 63.2 Å². The highest BCUT2D eigenvalue weighted by Gasteiger charge is 2.23. The molecule has 0 aliphatic heterocycles. The molecule has 6 aromatic rings. The molecule has 6 aromatic carbocycles. The second-order valence-electron chi connectivity index (χ2n) is 11.9. The fraction of sp³-hybridized carbons (Fsp3) is 0.159. The molecule has 0 fully saturated rings. The first-order chi connectivity index (χ1) is 25.1. The molecule has 0 N–H and O–H groups in total. The number of hydrogen-bond donors (Lipinski definition) is 0. The Morgan fingerprint density at radius 1 is 0.510 bits per heavy atom. The van der Waals surface area contributed by atoms with Gasteiger partial charge in [-0.15, -0.1) is 0 Å². The number of Topliss-reactive ketones (excluding diaryl/α,β-unsaturated/α-hetero) is 1. The lowest BCUT2D eigenvalue weighted by Crippen LogP contribution is -2.10. The number of ketones is 1. The Kier molecular flexibility index (Phi) is 12.4. The van der Waals surface area contributed by atoms with Crippen molar-refractivity contribution in [2.75, 3.05) is 7.11 Å². The maximum atomic E-state index is 14.3. The quantitative estimate of drug-likeness (QED) is 0.0867. The molecule has 0 aliphatic rings. The van der Waals surface area contributed by atoms with E-state index in [1.54, 1.807) is 19.2 Å². The van der Waals surface area contributed by atoms with E-state index in [2.05, 4.69) is 15.9 Å². The summed E-state index contributed by atoms with van der Waals surface area (Å²) in [5.41, 5.74) is 5.30. The van der Waals surface area contributed by atoms with E-state index in [4.69, 9.17) is 23.7 Å². The van der Waals surface area contributed by atoms with Gasteiger partial charge in [0.25, 0.3) is 0 Å². The lowest BCUT2D eigenvalue weighted by molar-refractivity contribution is 0.0973. The summed E-state index contributed by atoms with van der Waals surface area (Å²) in [4.78, 5) is 14.3. The van der Waals surface area contributed by atoms with Crippen molar-refractivity contribution in [3.8, 4) is 28.7 Å². The van der Waals surface area contributed by atoms with Crippen LogP contribution in [0.4, 0.5) is 0 Å². The van der Waals surface area contributed by atoms with Gasteiger partial charge in [-0.2, -0.15) is 0 Å². The zero-order valence-electron chi connectivity index (χ0n) is 28.4. The van der Waals surface area contributed by atoms with Gasteiger partial charge < -0.3 is 23.7 Å². The number of halogens is 1. The number of carbonyl (C=O) groups is 1. The number of hydrogen-bond acceptors (Lipinski definition) is 6. The maximum Gasteiger partial charge on any atom is 0.170 e. The molecule has 0 unspecified atom stereocenters. The second-order valence-corrected chi connectivity index (χ2v) is 12.8. The minimum absolute atomic E-state index is 0.120. The molecule has 0 aliphatic carbocycles. The van der Waals surface area contributed by atoms with E-state index in [1.807, 2.05) is 133 Å². The highest BCUT2D eigenvalue weighted by molar-refractivity contribution is 9.10.